The van der Waals surface area contributed by atoms with Gasteiger partial charge in [-0.25, -0.2) is 0 Å². The lowest BCUT2D eigenvalue weighted by atomic mass is 9.89. The van der Waals surface area contributed by atoms with Gasteiger partial charge in [-0.1, -0.05) is 26.0 Å². The molecule has 0 radical (unpaired) electrons. The quantitative estimate of drug-likeness (QED) is 0.521. The van der Waals surface area contributed by atoms with Crippen LogP contribution < -0.4 is 5.73 Å². The third-order valence-corrected chi connectivity index (χ3v) is 2.02. The van der Waals surface area contributed by atoms with Crippen LogP contribution in [-0.2, 0) is 0 Å². The number of allylic oxidation sites excluding steroid dienone is 4. The molecule has 1 aliphatic carbocycles. The summed E-state index contributed by atoms with van der Waals surface area (Å²) in [5.41, 5.74) is 6.68. The van der Waals surface area contributed by atoms with Crippen LogP contribution in [0, 0.1) is 11.8 Å². The van der Waals surface area contributed by atoms with E-state index in [0.29, 0.717) is 11.8 Å². The third kappa shape index (κ3) is 1.15. The molecule has 0 fully saturated rings. The van der Waals surface area contributed by atoms with Crippen LogP contribution in [0.1, 0.15) is 13.8 Å². The molecule has 2 unspecified atom stereocenters. The molecule has 0 aromatic carbocycles. The molecule has 0 amide bonds. The van der Waals surface area contributed by atoms with E-state index in [1.54, 1.807) is 0 Å². The van der Waals surface area contributed by atoms with Gasteiger partial charge in [-0.05, 0) is 12.0 Å². The van der Waals surface area contributed by atoms with Crippen molar-refractivity contribution in [3.63, 3.8) is 0 Å². The SMILES string of the molecule is CC1C=CC=C(N)C1C. The van der Waals surface area contributed by atoms with Gasteiger partial charge >= 0.3 is 0 Å². The number of nitrogens with two attached hydrogens (primary N) is 1. The van der Waals surface area contributed by atoms with Crippen LogP contribution in [0.5, 0.6) is 0 Å². The summed E-state index contributed by atoms with van der Waals surface area (Å²) >= 11 is 0. The summed E-state index contributed by atoms with van der Waals surface area (Å²) in [6, 6.07) is 0. The maximum Gasteiger partial charge on any atom is 0.0115 e. The fourth-order valence-corrected chi connectivity index (χ4v) is 0.964. The van der Waals surface area contributed by atoms with E-state index in [0.717, 1.165) is 5.70 Å². The van der Waals surface area contributed by atoms with Crippen LogP contribution >= 0.6 is 0 Å². The van der Waals surface area contributed by atoms with Crippen molar-refractivity contribution in [2.75, 3.05) is 0 Å². The van der Waals surface area contributed by atoms with Gasteiger partial charge in [-0.15, -0.1) is 0 Å². The molecule has 50 valence electrons. The maximum atomic E-state index is 5.68. The first-order valence-electron chi connectivity index (χ1n) is 3.35. The Hall–Kier alpha value is -0.720. The highest BCUT2D eigenvalue weighted by atomic mass is 14.6. The summed E-state index contributed by atoms with van der Waals surface area (Å²) < 4.78 is 0. The summed E-state index contributed by atoms with van der Waals surface area (Å²) in [7, 11) is 0. The molecule has 0 spiro atoms. The van der Waals surface area contributed by atoms with Gasteiger partial charge in [0.2, 0.25) is 0 Å². The highest BCUT2D eigenvalue weighted by molar-refractivity contribution is 5.19. The second-order valence-electron chi connectivity index (χ2n) is 2.70. The molecule has 0 bridgehead atoms. The van der Waals surface area contributed by atoms with Gasteiger partial charge in [-0.3, -0.25) is 0 Å². The van der Waals surface area contributed by atoms with Gasteiger partial charge in [0, 0.05) is 11.6 Å². The second-order valence-corrected chi connectivity index (χ2v) is 2.70. The third-order valence-electron chi connectivity index (χ3n) is 2.02. The molecule has 0 heterocycles. The molecule has 0 saturated heterocycles. The Kier molecular flexibility index (Phi) is 1.60. The van der Waals surface area contributed by atoms with Crippen molar-refractivity contribution in [2.24, 2.45) is 17.6 Å². The van der Waals surface area contributed by atoms with E-state index in [2.05, 4.69) is 19.9 Å². The molecule has 1 aliphatic rings. The van der Waals surface area contributed by atoms with Crippen LogP contribution in [0.25, 0.3) is 0 Å². The minimum absolute atomic E-state index is 0.523. The van der Waals surface area contributed by atoms with Crippen molar-refractivity contribution in [3.8, 4) is 0 Å². The van der Waals surface area contributed by atoms with Crippen LogP contribution in [0.2, 0.25) is 0 Å². The zero-order chi connectivity index (χ0) is 6.85. The molecule has 0 aromatic heterocycles. The Morgan fingerprint density at radius 1 is 1.44 bits per heavy atom. The molecule has 1 heteroatoms. The number of hydrogen-bond donors (Lipinski definition) is 1. The van der Waals surface area contributed by atoms with Gasteiger partial charge in [-0.2, -0.15) is 0 Å². The first kappa shape index (κ1) is 6.40. The Balaban J connectivity index is 2.73. The summed E-state index contributed by atoms with van der Waals surface area (Å²) in [6.07, 6.45) is 6.19. The Labute approximate surface area is 56.2 Å². The van der Waals surface area contributed by atoms with Crippen molar-refractivity contribution in [1.82, 2.24) is 0 Å². The fourth-order valence-electron chi connectivity index (χ4n) is 0.964. The monoisotopic (exact) mass is 123 g/mol. The zero-order valence-corrected chi connectivity index (χ0v) is 5.96. The molecule has 0 aliphatic heterocycles. The van der Waals surface area contributed by atoms with Crippen molar-refractivity contribution >= 4 is 0 Å². The normalized spacial score (nSPS) is 34.2. The largest absolute Gasteiger partial charge is 0.402 e. The maximum absolute atomic E-state index is 5.68. The minimum Gasteiger partial charge on any atom is -0.402 e. The molecule has 0 aromatic rings. The van der Waals surface area contributed by atoms with Crippen molar-refractivity contribution in [1.29, 1.82) is 0 Å². The van der Waals surface area contributed by atoms with Gasteiger partial charge in [0.15, 0.2) is 0 Å². The Morgan fingerprint density at radius 3 is 2.56 bits per heavy atom. The van der Waals surface area contributed by atoms with E-state index in [4.69, 9.17) is 5.73 Å². The van der Waals surface area contributed by atoms with Crippen LogP contribution in [0.4, 0.5) is 0 Å². The van der Waals surface area contributed by atoms with Crippen molar-refractivity contribution in [3.05, 3.63) is 23.9 Å². The molecule has 0 saturated carbocycles. The van der Waals surface area contributed by atoms with Crippen LogP contribution in [-0.4, -0.2) is 0 Å². The second kappa shape index (κ2) is 2.26. The lowest BCUT2D eigenvalue weighted by Crippen LogP contribution is -2.16. The summed E-state index contributed by atoms with van der Waals surface area (Å²) in [6.45, 7) is 4.33. The van der Waals surface area contributed by atoms with Crippen LogP contribution in [0.15, 0.2) is 23.9 Å². The van der Waals surface area contributed by atoms with Crippen molar-refractivity contribution < 1.29 is 0 Å². The van der Waals surface area contributed by atoms with E-state index in [9.17, 15) is 0 Å². The summed E-state index contributed by atoms with van der Waals surface area (Å²) in [5, 5.41) is 0. The van der Waals surface area contributed by atoms with E-state index >= 15 is 0 Å². The molecular formula is C8H13N. The standard InChI is InChI=1S/C8H13N/c1-6-4-3-5-8(9)7(6)2/h3-7H,9H2,1-2H3. The van der Waals surface area contributed by atoms with E-state index in [1.807, 2.05) is 12.2 Å². The smallest absolute Gasteiger partial charge is 0.0115 e. The van der Waals surface area contributed by atoms with Gasteiger partial charge in [0.05, 0.1) is 0 Å². The molecule has 1 nitrogen and oxygen atoms in total. The highest BCUT2D eigenvalue weighted by Gasteiger charge is 2.13. The van der Waals surface area contributed by atoms with Gasteiger partial charge in [0.1, 0.15) is 0 Å². The Morgan fingerprint density at radius 2 is 2.11 bits per heavy atom. The molecule has 1 rings (SSSR count). The summed E-state index contributed by atoms with van der Waals surface area (Å²) in [4.78, 5) is 0. The molecule has 2 N–H and O–H groups in total. The minimum atomic E-state index is 0.523. The van der Waals surface area contributed by atoms with Gasteiger partial charge in [0.25, 0.3) is 0 Å². The van der Waals surface area contributed by atoms with E-state index in [1.165, 1.54) is 0 Å². The van der Waals surface area contributed by atoms with Gasteiger partial charge < -0.3 is 5.73 Å². The Bertz CT molecular complexity index is 156. The summed E-state index contributed by atoms with van der Waals surface area (Å²) in [5.74, 6) is 1.13. The average molecular weight is 123 g/mol. The molecular weight excluding hydrogens is 110 g/mol. The molecule has 2 atom stereocenters. The first-order valence-corrected chi connectivity index (χ1v) is 3.35. The lowest BCUT2D eigenvalue weighted by Gasteiger charge is -2.19. The fraction of sp³-hybridized carbons (Fsp3) is 0.500. The van der Waals surface area contributed by atoms with Crippen molar-refractivity contribution in [2.45, 2.75) is 13.8 Å². The average Bonchev–Trinajstić information content (AvgIpc) is 1.83. The zero-order valence-electron chi connectivity index (χ0n) is 5.96. The highest BCUT2D eigenvalue weighted by Crippen LogP contribution is 2.21. The van der Waals surface area contributed by atoms with Crippen LogP contribution in [0.3, 0.4) is 0 Å². The topological polar surface area (TPSA) is 26.0 Å². The molecule has 9 heavy (non-hydrogen) atoms. The number of hydrogen-bond acceptors (Lipinski definition) is 1. The van der Waals surface area contributed by atoms with E-state index < -0.39 is 0 Å². The predicted octanol–water partition coefficient (Wildman–Crippen LogP) is 1.67. The number of rotatable bonds is 0. The first-order chi connectivity index (χ1) is 4.22. The lowest BCUT2D eigenvalue weighted by molar-refractivity contribution is 0.518. The van der Waals surface area contributed by atoms with E-state index in [-0.39, 0.29) is 0 Å². The predicted molar refractivity (Wildman–Crippen MR) is 39.7 cm³/mol.